The summed E-state index contributed by atoms with van der Waals surface area (Å²) in [4.78, 5) is 14.5. The summed E-state index contributed by atoms with van der Waals surface area (Å²) in [6.45, 7) is 5.26. The first-order chi connectivity index (χ1) is 13.2. The Kier molecular flexibility index (Phi) is 6.14. The summed E-state index contributed by atoms with van der Waals surface area (Å²) in [6.07, 6.45) is 2.54. The summed E-state index contributed by atoms with van der Waals surface area (Å²) in [7, 11) is 3.29. The van der Waals surface area contributed by atoms with Crippen molar-refractivity contribution in [1.29, 1.82) is 0 Å². The number of hydrogen-bond acceptors (Lipinski definition) is 4. The van der Waals surface area contributed by atoms with Gasteiger partial charge in [-0.3, -0.25) is 9.69 Å². The number of carbonyl (C=O) groups is 1. The van der Waals surface area contributed by atoms with Crippen molar-refractivity contribution in [1.82, 2.24) is 10.2 Å². The van der Waals surface area contributed by atoms with Gasteiger partial charge in [-0.15, -0.1) is 6.58 Å². The molecule has 2 aromatic rings. The third kappa shape index (κ3) is 4.14. The van der Waals surface area contributed by atoms with Crippen LogP contribution < -0.4 is 14.8 Å². The molecular weight excluding hydrogens is 340 g/mol. The van der Waals surface area contributed by atoms with Crippen LogP contribution in [0, 0.1) is 0 Å². The molecule has 0 spiro atoms. The van der Waals surface area contributed by atoms with Gasteiger partial charge >= 0.3 is 0 Å². The maximum Gasteiger partial charge on any atom is 0.234 e. The number of rotatable bonds is 7. The Morgan fingerprint density at radius 3 is 2.59 bits per heavy atom. The highest BCUT2D eigenvalue weighted by Gasteiger charge is 2.31. The van der Waals surface area contributed by atoms with E-state index in [1.807, 2.05) is 24.3 Å². The lowest BCUT2D eigenvalue weighted by Gasteiger charge is -2.37. The first-order valence-electron chi connectivity index (χ1n) is 9.09. The molecule has 0 radical (unpaired) electrons. The number of benzene rings is 2. The van der Waals surface area contributed by atoms with Gasteiger partial charge in [-0.2, -0.15) is 0 Å². The number of fused-ring (bicyclic) bond motifs is 1. The van der Waals surface area contributed by atoms with Gasteiger partial charge in [0.05, 0.1) is 26.8 Å². The zero-order chi connectivity index (χ0) is 19.2. The predicted molar refractivity (Wildman–Crippen MR) is 106 cm³/mol. The second-order valence-corrected chi connectivity index (χ2v) is 6.53. The van der Waals surface area contributed by atoms with E-state index in [-0.39, 0.29) is 11.9 Å². The largest absolute Gasteiger partial charge is 0.493 e. The molecule has 5 heteroatoms. The van der Waals surface area contributed by atoms with Crippen molar-refractivity contribution in [3.63, 3.8) is 0 Å². The van der Waals surface area contributed by atoms with E-state index in [9.17, 15) is 4.79 Å². The molecule has 5 nitrogen and oxygen atoms in total. The van der Waals surface area contributed by atoms with E-state index in [4.69, 9.17) is 9.47 Å². The fraction of sp³-hybridized carbons (Fsp3) is 0.318. The minimum Gasteiger partial charge on any atom is -0.493 e. The molecule has 0 saturated carbocycles. The van der Waals surface area contributed by atoms with Crippen LogP contribution in [0.15, 0.2) is 55.1 Å². The van der Waals surface area contributed by atoms with Crippen LogP contribution in [0.5, 0.6) is 11.5 Å². The minimum atomic E-state index is -0.00997. The number of nitrogens with zero attached hydrogens (tertiary/aromatic N) is 1. The highest BCUT2D eigenvalue weighted by atomic mass is 16.5. The van der Waals surface area contributed by atoms with Crippen molar-refractivity contribution >= 4 is 5.91 Å². The van der Waals surface area contributed by atoms with Crippen molar-refractivity contribution in [2.45, 2.75) is 12.5 Å². The molecule has 1 aliphatic rings. The van der Waals surface area contributed by atoms with Crippen LogP contribution in [0.3, 0.4) is 0 Å². The molecule has 0 aliphatic carbocycles. The molecule has 0 fully saturated rings. The average molecular weight is 366 g/mol. The number of ether oxygens (including phenoxy) is 2. The maximum absolute atomic E-state index is 12.3. The number of hydrogen-bond donors (Lipinski definition) is 1. The minimum absolute atomic E-state index is 0.000224. The molecule has 0 aromatic heterocycles. The van der Waals surface area contributed by atoms with Crippen LogP contribution in [0.2, 0.25) is 0 Å². The van der Waals surface area contributed by atoms with E-state index in [1.54, 1.807) is 20.3 Å². The fourth-order valence-electron chi connectivity index (χ4n) is 3.62. The third-order valence-corrected chi connectivity index (χ3v) is 4.88. The van der Waals surface area contributed by atoms with Gasteiger partial charge in [0.1, 0.15) is 0 Å². The zero-order valence-corrected chi connectivity index (χ0v) is 15.9. The van der Waals surface area contributed by atoms with Gasteiger partial charge in [-0.1, -0.05) is 36.4 Å². The zero-order valence-electron chi connectivity index (χ0n) is 15.9. The monoisotopic (exact) mass is 366 g/mol. The number of carbonyl (C=O) groups excluding carboxylic acids is 1. The van der Waals surface area contributed by atoms with E-state index in [0.29, 0.717) is 18.8 Å². The van der Waals surface area contributed by atoms with E-state index < -0.39 is 0 Å². The van der Waals surface area contributed by atoms with Gasteiger partial charge < -0.3 is 14.8 Å². The van der Waals surface area contributed by atoms with Crippen LogP contribution in [-0.4, -0.2) is 44.7 Å². The maximum atomic E-state index is 12.3. The van der Waals surface area contributed by atoms with Crippen LogP contribution in [0.1, 0.15) is 22.7 Å². The molecule has 1 unspecified atom stereocenters. The number of methoxy groups -OCH3 is 2. The Morgan fingerprint density at radius 2 is 1.93 bits per heavy atom. The summed E-state index contributed by atoms with van der Waals surface area (Å²) >= 11 is 0. The average Bonchev–Trinajstić information content (AvgIpc) is 2.71. The fourth-order valence-corrected chi connectivity index (χ4v) is 3.62. The SMILES string of the molecule is C=CCNC(=O)CN1CCc2cc(OC)c(OC)cc2C1c1ccccc1. The Labute approximate surface area is 160 Å². The standard InChI is InChI=1S/C22H26N2O3/c1-4-11-23-21(25)15-24-12-10-17-13-19(26-2)20(27-3)14-18(17)22(24)16-8-6-5-7-9-16/h4-9,13-14,22H,1,10-12,15H2,2-3H3,(H,23,25). The normalized spacial score (nSPS) is 16.3. The highest BCUT2D eigenvalue weighted by Crippen LogP contribution is 2.40. The van der Waals surface area contributed by atoms with Gasteiger partial charge in [-0.25, -0.2) is 0 Å². The number of amides is 1. The molecule has 142 valence electrons. The summed E-state index contributed by atoms with van der Waals surface area (Å²) in [5.41, 5.74) is 3.54. The molecule has 1 amide bonds. The van der Waals surface area contributed by atoms with Crippen LogP contribution >= 0.6 is 0 Å². The van der Waals surface area contributed by atoms with Crippen molar-refractivity contribution in [2.24, 2.45) is 0 Å². The lowest BCUT2D eigenvalue weighted by atomic mass is 9.87. The van der Waals surface area contributed by atoms with Crippen molar-refractivity contribution in [2.75, 3.05) is 33.9 Å². The molecule has 0 bridgehead atoms. The summed E-state index contributed by atoms with van der Waals surface area (Å²) in [5, 5.41) is 2.87. The Bertz CT molecular complexity index is 805. The Hall–Kier alpha value is -2.79. The predicted octanol–water partition coefficient (Wildman–Crippen LogP) is 2.95. The van der Waals surface area contributed by atoms with Gasteiger partial charge in [-0.05, 0) is 35.2 Å². The molecule has 1 heterocycles. The third-order valence-electron chi connectivity index (χ3n) is 4.88. The van der Waals surface area contributed by atoms with E-state index in [0.717, 1.165) is 29.8 Å². The van der Waals surface area contributed by atoms with E-state index >= 15 is 0 Å². The van der Waals surface area contributed by atoms with Gasteiger partial charge in [0.2, 0.25) is 5.91 Å². The van der Waals surface area contributed by atoms with Crippen LogP contribution in [0.25, 0.3) is 0 Å². The smallest absolute Gasteiger partial charge is 0.234 e. The van der Waals surface area contributed by atoms with Gasteiger partial charge in [0, 0.05) is 13.1 Å². The summed E-state index contributed by atoms with van der Waals surface area (Å²) < 4.78 is 11.0. The number of nitrogens with one attached hydrogen (secondary N) is 1. The first-order valence-corrected chi connectivity index (χ1v) is 9.09. The van der Waals surface area contributed by atoms with E-state index in [1.165, 1.54) is 5.56 Å². The van der Waals surface area contributed by atoms with E-state index in [2.05, 4.69) is 35.0 Å². The lowest BCUT2D eigenvalue weighted by Crippen LogP contribution is -2.43. The molecule has 2 aromatic carbocycles. The second-order valence-electron chi connectivity index (χ2n) is 6.53. The van der Waals surface area contributed by atoms with Crippen molar-refractivity contribution < 1.29 is 14.3 Å². The van der Waals surface area contributed by atoms with Crippen molar-refractivity contribution in [3.8, 4) is 11.5 Å². The first kappa shape index (κ1) is 19.0. The molecular formula is C22H26N2O3. The van der Waals surface area contributed by atoms with Crippen LogP contribution in [0.4, 0.5) is 0 Å². The molecule has 1 atom stereocenters. The molecule has 27 heavy (non-hydrogen) atoms. The quantitative estimate of drug-likeness (QED) is 0.766. The van der Waals surface area contributed by atoms with Gasteiger partial charge in [0.15, 0.2) is 11.5 Å². The second kappa shape index (κ2) is 8.73. The summed E-state index contributed by atoms with van der Waals surface area (Å²) in [5.74, 6) is 1.44. The topological polar surface area (TPSA) is 50.8 Å². The Balaban J connectivity index is 2.00. The highest BCUT2D eigenvalue weighted by molar-refractivity contribution is 5.78. The molecule has 3 rings (SSSR count). The molecule has 0 saturated heterocycles. The summed E-state index contributed by atoms with van der Waals surface area (Å²) in [6, 6.07) is 14.3. The van der Waals surface area contributed by atoms with Gasteiger partial charge in [0.25, 0.3) is 0 Å². The lowest BCUT2D eigenvalue weighted by molar-refractivity contribution is -0.122. The molecule has 1 aliphatic heterocycles. The molecule has 1 N–H and O–H groups in total. The van der Waals surface area contributed by atoms with Crippen molar-refractivity contribution in [3.05, 3.63) is 71.8 Å². The van der Waals surface area contributed by atoms with Crippen LogP contribution in [-0.2, 0) is 11.2 Å². The Morgan fingerprint density at radius 1 is 1.22 bits per heavy atom.